The molecule has 4 nitrogen and oxygen atoms in total. The molecule has 0 radical (unpaired) electrons. The first-order chi connectivity index (χ1) is 14.6. The number of carbonyl (C=O) groups is 1. The van der Waals surface area contributed by atoms with Crippen LogP contribution in [0.2, 0.25) is 0 Å². The van der Waals surface area contributed by atoms with Gasteiger partial charge in [-0.2, -0.15) is 5.10 Å². The molecule has 0 unspecified atom stereocenters. The number of hydrogen-bond acceptors (Lipinski definition) is 5. The summed E-state index contributed by atoms with van der Waals surface area (Å²) in [7, 11) is 0. The van der Waals surface area contributed by atoms with E-state index in [0.29, 0.717) is 6.42 Å². The molecule has 1 amide bonds. The number of hydrazone groups is 1. The van der Waals surface area contributed by atoms with Crippen LogP contribution in [-0.2, 0) is 4.79 Å². The van der Waals surface area contributed by atoms with Gasteiger partial charge in [0.05, 0.1) is 17.1 Å². The number of rotatable bonds is 6. The minimum atomic E-state index is -0.0745. The van der Waals surface area contributed by atoms with Crippen molar-refractivity contribution in [1.82, 2.24) is 5.43 Å². The number of carbonyl (C=O) groups excluding carboxylic acids is 1. The monoisotopic (exact) mass is 433 g/mol. The van der Waals surface area contributed by atoms with E-state index in [9.17, 15) is 4.79 Å². The van der Waals surface area contributed by atoms with Gasteiger partial charge in [0.1, 0.15) is 0 Å². The van der Waals surface area contributed by atoms with Gasteiger partial charge in [0.25, 0.3) is 0 Å². The Kier molecular flexibility index (Phi) is 6.45. The average molecular weight is 434 g/mol. The van der Waals surface area contributed by atoms with E-state index < -0.39 is 0 Å². The predicted molar refractivity (Wildman–Crippen MR) is 127 cm³/mol. The molecule has 0 aromatic heterocycles. The van der Waals surface area contributed by atoms with Gasteiger partial charge in [-0.1, -0.05) is 47.7 Å². The number of amides is 1. The van der Waals surface area contributed by atoms with Crippen LogP contribution in [0.25, 0.3) is 0 Å². The van der Waals surface area contributed by atoms with Crippen LogP contribution < -0.4 is 10.7 Å². The summed E-state index contributed by atoms with van der Waals surface area (Å²) in [6, 6.07) is 22.8. The van der Waals surface area contributed by atoms with Crippen molar-refractivity contribution in [1.29, 1.82) is 0 Å². The van der Waals surface area contributed by atoms with E-state index in [0.717, 1.165) is 28.4 Å². The molecule has 3 aromatic rings. The Morgan fingerprint density at radius 3 is 2.63 bits per heavy atom. The summed E-state index contributed by atoms with van der Waals surface area (Å²) in [5.41, 5.74) is 7.86. The van der Waals surface area contributed by atoms with E-state index in [1.165, 1.54) is 20.2 Å². The van der Waals surface area contributed by atoms with Crippen LogP contribution in [0.3, 0.4) is 0 Å². The fourth-order valence-electron chi connectivity index (χ4n) is 3.03. The van der Waals surface area contributed by atoms with E-state index in [2.05, 4.69) is 71.3 Å². The van der Waals surface area contributed by atoms with Crippen molar-refractivity contribution in [2.45, 2.75) is 35.0 Å². The van der Waals surface area contributed by atoms with Crippen LogP contribution in [0.1, 0.15) is 24.5 Å². The first-order valence-electron chi connectivity index (χ1n) is 9.79. The Labute approximate surface area is 185 Å². The maximum absolute atomic E-state index is 12.1. The highest BCUT2D eigenvalue weighted by Crippen LogP contribution is 2.44. The zero-order valence-electron chi connectivity index (χ0n) is 16.9. The fraction of sp³-hybridized carbons (Fsp3) is 0.167. The average Bonchev–Trinajstić information content (AvgIpc) is 2.77. The van der Waals surface area contributed by atoms with Crippen LogP contribution in [0.4, 0.5) is 11.4 Å². The lowest BCUT2D eigenvalue weighted by Gasteiger charge is -2.21. The normalized spacial score (nSPS) is 12.5. The quantitative estimate of drug-likeness (QED) is 0.215. The molecule has 2 N–H and O–H groups in total. The third-order valence-corrected chi connectivity index (χ3v) is 6.91. The highest BCUT2D eigenvalue weighted by Gasteiger charge is 2.15. The summed E-state index contributed by atoms with van der Waals surface area (Å²) in [6.45, 7) is 3.98. The lowest BCUT2D eigenvalue weighted by Crippen LogP contribution is -2.19. The third kappa shape index (κ3) is 5.07. The molecule has 1 aliphatic rings. The van der Waals surface area contributed by atoms with Gasteiger partial charge in [0.2, 0.25) is 5.91 Å². The second-order valence-electron chi connectivity index (χ2n) is 7.08. The lowest BCUT2D eigenvalue weighted by molar-refractivity contribution is -0.120. The number of nitrogens with one attached hydrogen (secondary N) is 2. The summed E-state index contributed by atoms with van der Waals surface area (Å²) < 4.78 is 0. The molecule has 30 heavy (non-hydrogen) atoms. The molecule has 0 atom stereocenters. The van der Waals surface area contributed by atoms with Crippen molar-refractivity contribution in [3.8, 4) is 0 Å². The Hall–Kier alpha value is -2.70. The molecule has 1 aliphatic heterocycles. The maximum Gasteiger partial charge on any atom is 0.240 e. The number of anilines is 2. The van der Waals surface area contributed by atoms with Crippen molar-refractivity contribution < 1.29 is 4.79 Å². The first-order valence-corrected chi connectivity index (χ1v) is 11.6. The molecule has 3 aromatic carbocycles. The molecule has 0 aliphatic carbocycles. The molecular weight excluding hydrogens is 410 g/mol. The molecule has 6 heteroatoms. The van der Waals surface area contributed by atoms with Crippen LogP contribution in [0, 0.1) is 6.92 Å². The van der Waals surface area contributed by atoms with Gasteiger partial charge in [0.15, 0.2) is 0 Å². The Morgan fingerprint density at radius 1 is 1.03 bits per heavy atom. The van der Waals surface area contributed by atoms with Crippen LogP contribution in [-0.4, -0.2) is 17.4 Å². The topological polar surface area (TPSA) is 53.5 Å². The van der Waals surface area contributed by atoms with Gasteiger partial charge < -0.3 is 5.32 Å². The lowest BCUT2D eigenvalue weighted by atomic mass is 10.1. The highest BCUT2D eigenvalue weighted by molar-refractivity contribution is 7.99. The minimum absolute atomic E-state index is 0.0745. The summed E-state index contributed by atoms with van der Waals surface area (Å²) >= 11 is 3.43. The summed E-state index contributed by atoms with van der Waals surface area (Å²) in [5, 5.41) is 7.78. The van der Waals surface area contributed by atoms with Crippen molar-refractivity contribution in [3.05, 3.63) is 77.9 Å². The molecule has 0 spiro atoms. The highest BCUT2D eigenvalue weighted by atomic mass is 32.2. The number of benzene rings is 3. The molecule has 0 bridgehead atoms. The number of para-hydroxylation sites is 1. The second-order valence-corrected chi connectivity index (χ2v) is 9.33. The van der Waals surface area contributed by atoms with Gasteiger partial charge in [-0.15, -0.1) is 11.8 Å². The Bertz CT molecular complexity index is 1090. The smallest absolute Gasteiger partial charge is 0.240 e. The van der Waals surface area contributed by atoms with Gasteiger partial charge in [0, 0.05) is 26.9 Å². The molecular formula is C24H23N3OS2. The maximum atomic E-state index is 12.1. The van der Waals surface area contributed by atoms with Gasteiger partial charge in [-0.05, 0) is 55.8 Å². The fourth-order valence-corrected chi connectivity index (χ4v) is 4.85. The van der Waals surface area contributed by atoms with E-state index >= 15 is 0 Å². The van der Waals surface area contributed by atoms with E-state index in [4.69, 9.17) is 0 Å². The van der Waals surface area contributed by atoms with Crippen LogP contribution in [0.5, 0.6) is 0 Å². The van der Waals surface area contributed by atoms with Crippen molar-refractivity contribution in [2.75, 3.05) is 11.1 Å². The van der Waals surface area contributed by atoms with E-state index in [-0.39, 0.29) is 5.91 Å². The Balaban J connectivity index is 1.32. The third-order valence-electron chi connectivity index (χ3n) is 4.74. The molecule has 4 rings (SSSR count). The van der Waals surface area contributed by atoms with Gasteiger partial charge in [-0.25, -0.2) is 5.43 Å². The van der Waals surface area contributed by atoms with Gasteiger partial charge in [-0.3, -0.25) is 4.79 Å². The zero-order chi connectivity index (χ0) is 20.9. The standard InChI is InChI=1S/C24H23N3OS2/c1-16-7-10-19(11-8-16)29-14-13-24(28)27-26-17(2)18-9-12-23-21(15-18)25-20-5-3-4-6-22(20)30-23/h3-12,15,25H,13-14H2,1-2H3,(H,27,28). The predicted octanol–water partition coefficient (Wildman–Crippen LogP) is 6.23. The SMILES string of the molecule is CC(=NNC(=O)CCSc1ccc(C)cc1)c1ccc2c(c1)Nc1ccccc1S2. The van der Waals surface area contributed by atoms with E-state index in [1.807, 2.05) is 25.1 Å². The molecule has 0 fully saturated rings. The number of hydrogen-bond donors (Lipinski definition) is 2. The van der Waals surface area contributed by atoms with Crippen molar-refractivity contribution in [3.63, 3.8) is 0 Å². The van der Waals surface area contributed by atoms with Crippen molar-refractivity contribution in [2.24, 2.45) is 5.10 Å². The van der Waals surface area contributed by atoms with Gasteiger partial charge >= 0.3 is 0 Å². The number of aryl methyl sites for hydroxylation is 1. The van der Waals surface area contributed by atoms with Crippen molar-refractivity contribution >= 4 is 46.5 Å². The van der Waals surface area contributed by atoms with Crippen LogP contribution in [0.15, 0.2) is 86.5 Å². The molecule has 1 heterocycles. The number of fused-ring (bicyclic) bond motifs is 2. The second kappa shape index (κ2) is 9.41. The summed E-state index contributed by atoms with van der Waals surface area (Å²) in [4.78, 5) is 15.7. The molecule has 0 saturated heterocycles. The van der Waals surface area contributed by atoms with Crippen LogP contribution >= 0.6 is 23.5 Å². The molecule has 0 saturated carbocycles. The number of thioether (sulfide) groups is 1. The summed E-state index contributed by atoms with van der Waals surface area (Å²) in [6.07, 6.45) is 0.425. The minimum Gasteiger partial charge on any atom is -0.354 e. The van der Waals surface area contributed by atoms with E-state index in [1.54, 1.807) is 23.5 Å². The first kappa shape index (κ1) is 20.6. The number of nitrogens with zero attached hydrogens (tertiary/aromatic N) is 1. The largest absolute Gasteiger partial charge is 0.354 e. The summed E-state index contributed by atoms with van der Waals surface area (Å²) in [5.74, 6) is 0.651. The Morgan fingerprint density at radius 2 is 1.80 bits per heavy atom. The molecule has 152 valence electrons. The zero-order valence-corrected chi connectivity index (χ0v) is 18.6.